The Hall–Kier alpha value is -0.650. The molecule has 0 unspecified atom stereocenters. The predicted octanol–water partition coefficient (Wildman–Crippen LogP) is 2.73. The Bertz CT molecular complexity index is 425. The van der Waals surface area contributed by atoms with E-state index in [1.807, 2.05) is 0 Å². The molecule has 0 saturated carbocycles. The molecule has 0 aromatic carbocycles. The van der Waals surface area contributed by atoms with Crippen molar-refractivity contribution >= 4 is 33.3 Å². The maximum absolute atomic E-state index is 9.53. The Morgan fingerprint density at radius 2 is 2.38 bits per heavy atom. The van der Waals surface area contributed by atoms with E-state index in [2.05, 4.69) is 37.3 Å². The number of nitrogens with one attached hydrogen (secondary N) is 1. The summed E-state index contributed by atoms with van der Waals surface area (Å²) in [5.41, 5.74) is 0.967. The van der Waals surface area contributed by atoms with Gasteiger partial charge in [-0.1, -0.05) is 6.08 Å². The maximum atomic E-state index is 9.53. The number of anilines is 1. The van der Waals surface area contributed by atoms with Crippen molar-refractivity contribution < 1.29 is 5.11 Å². The van der Waals surface area contributed by atoms with E-state index in [-0.39, 0.29) is 11.4 Å². The second-order valence-corrected chi connectivity index (χ2v) is 4.82. The molecule has 86 valence electrons. The van der Waals surface area contributed by atoms with E-state index in [9.17, 15) is 5.11 Å². The second kappa shape index (κ2) is 5.12. The van der Waals surface area contributed by atoms with Gasteiger partial charge < -0.3 is 10.4 Å². The third kappa shape index (κ3) is 2.93. The topological polar surface area (TPSA) is 58.0 Å². The standard InChI is InChI=1S/C10H11BrClN3O/c11-8-5-13-10(12)15-9(8)14-6-2-1-3-7(16)4-6/h2,5,7,16H,1,3-4H2,(H,13,14,15)/t7-/m1/s1. The largest absolute Gasteiger partial charge is 0.393 e. The molecule has 0 amide bonds. The van der Waals surface area contributed by atoms with Crippen molar-refractivity contribution in [1.29, 1.82) is 0 Å². The summed E-state index contributed by atoms with van der Waals surface area (Å²) in [7, 11) is 0. The highest BCUT2D eigenvalue weighted by molar-refractivity contribution is 9.10. The normalized spacial score (nSPS) is 20.4. The van der Waals surface area contributed by atoms with Crippen molar-refractivity contribution in [3.63, 3.8) is 0 Å². The summed E-state index contributed by atoms with van der Waals surface area (Å²) in [6.45, 7) is 0. The summed E-state index contributed by atoms with van der Waals surface area (Å²) in [6.07, 6.45) is 5.70. The highest BCUT2D eigenvalue weighted by Gasteiger charge is 2.14. The number of rotatable bonds is 2. The number of halogens is 2. The molecule has 2 rings (SSSR count). The molecule has 1 aromatic rings. The van der Waals surface area contributed by atoms with Gasteiger partial charge in [-0.3, -0.25) is 0 Å². The Labute approximate surface area is 107 Å². The van der Waals surface area contributed by atoms with E-state index >= 15 is 0 Å². The zero-order valence-corrected chi connectivity index (χ0v) is 10.8. The van der Waals surface area contributed by atoms with Crippen molar-refractivity contribution in [1.82, 2.24) is 9.97 Å². The van der Waals surface area contributed by atoms with Gasteiger partial charge in [-0.25, -0.2) is 4.98 Å². The summed E-state index contributed by atoms with van der Waals surface area (Å²) >= 11 is 9.05. The Morgan fingerprint density at radius 3 is 3.12 bits per heavy atom. The van der Waals surface area contributed by atoms with Crippen LogP contribution in [0.1, 0.15) is 19.3 Å². The first-order valence-electron chi connectivity index (χ1n) is 4.97. The van der Waals surface area contributed by atoms with Crippen molar-refractivity contribution in [3.05, 3.63) is 27.7 Å². The van der Waals surface area contributed by atoms with Gasteiger partial charge in [0.1, 0.15) is 5.82 Å². The molecule has 16 heavy (non-hydrogen) atoms. The van der Waals surface area contributed by atoms with E-state index in [4.69, 9.17) is 11.6 Å². The van der Waals surface area contributed by atoms with Crippen LogP contribution in [0.15, 0.2) is 22.4 Å². The SMILES string of the molecule is O[C@@H]1CCC=C(Nc2nc(Cl)ncc2Br)C1. The summed E-state index contributed by atoms with van der Waals surface area (Å²) < 4.78 is 0.748. The van der Waals surface area contributed by atoms with Crippen molar-refractivity contribution in [2.24, 2.45) is 0 Å². The summed E-state index contributed by atoms with van der Waals surface area (Å²) in [4.78, 5) is 7.91. The number of aliphatic hydroxyl groups is 1. The van der Waals surface area contributed by atoms with Crippen LogP contribution >= 0.6 is 27.5 Å². The molecule has 0 bridgehead atoms. The fourth-order valence-corrected chi connectivity index (χ4v) is 2.00. The van der Waals surface area contributed by atoms with E-state index in [0.29, 0.717) is 12.2 Å². The quantitative estimate of drug-likeness (QED) is 0.825. The van der Waals surface area contributed by atoms with Gasteiger partial charge in [0, 0.05) is 18.3 Å². The maximum Gasteiger partial charge on any atom is 0.224 e. The van der Waals surface area contributed by atoms with Crippen LogP contribution in [0.5, 0.6) is 0 Å². The van der Waals surface area contributed by atoms with Gasteiger partial charge in [0.15, 0.2) is 0 Å². The second-order valence-electron chi connectivity index (χ2n) is 3.63. The van der Waals surface area contributed by atoms with Crippen LogP contribution in [-0.2, 0) is 0 Å². The number of aliphatic hydroxyl groups excluding tert-OH is 1. The predicted molar refractivity (Wildman–Crippen MR) is 66.3 cm³/mol. The minimum absolute atomic E-state index is 0.197. The summed E-state index contributed by atoms with van der Waals surface area (Å²) in [5, 5.41) is 12.9. The Balaban J connectivity index is 2.14. The molecule has 1 aromatic heterocycles. The lowest BCUT2D eigenvalue weighted by Gasteiger charge is -2.19. The van der Waals surface area contributed by atoms with Crippen molar-refractivity contribution in [2.45, 2.75) is 25.4 Å². The minimum Gasteiger partial charge on any atom is -0.393 e. The average molecular weight is 305 g/mol. The lowest BCUT2D eigenvalue weighted by atomic mass is 10.0. The van der Waals surface area contributed by atoms with Gasteiger partial charge in [0.05, 0.1) is 10.6 Å². The lowest BCUT2D eigenvalue weighted by molar-refractivity contribution is 0.161. The van der Waals surface area contributed by atoms with E-state index in [0.717, 1.165) is 23.0 Å². The van der Waals surface area contributed by atoms with E-state index < -0.39 is 0 Å². The molecule has 1 heterocycles. The summed E-state index contributed by atoms with van der Waals surface area (Å²) in [6, 6.07) is 0. The highest BCUT2D eigenvalue weighted by atomic mass is 79.9. The average Bonchev–Trinajstić information content (AvgIpc) is 2.24. The van der Waals surface area contributed by atoms with E-state index in [1.165, 1.54) is 0 Å². The molecule has 0 spiro atoms. The fourth-order valence-electron chi connectivity index (χ4n) is 1.58. The van der Waals surface area contributed by atoms with Gasteiger partial charge >= 0.3 is 0 Å². The van der Waals surface area contributed by atoms with Crippen LogP contribution in [0.4, 0.5) is 5.82 Å². The van der Waals surface area contributed by atoms with Gasteiger partial charge in [0.25, 0.3) is 0 Å². The zero-order chi connectivity index (χ0) is 11.5. The minimum atomic E-state index is -0.274. The van der Waals surface area contributed by atoms with Crippen molar-refractivity contribution in [3.8, 4) is 0 Å². The smallest absolute Gasteiger partial charge is 0.224 e. The van der Waals surface area contributed by atoms with Crippen LogP contribution in [0.2, 0.25) is 5.28 Å². The highest BCUT2D eigenvalue weighted by Crippen LogP contribution is 2.25. The molecular weight excluding hydrogens is 293 g/mol. The van der Waals surface area contributed by atoms with Crippen LogP contribution in [0, 0.1) is 0 Å². The third-order valence-electron chi connectivity index (χ3n) is 2.34. The molecule has 1 aliphatic rings. The van der Waals surface area contributed by atoms with E-state index in [1.54, 1.807) is 6.20 Å². The first-order chi connectivity index (χ1) is 7.65. The molecule has 0 fully saturated rings. The molecule has 6 heteroatoms. The van der Waals surface area contributed by atoms with Crippen LogP contribution < -0.4 is 5.32 Å². The Morgan fingerprint density at radius 1 is 1.56 bits per heavy atom. The third-order valence-corrected chi connectivity index (χ3v) is 3.10. The molecular formula is C10H11BrClN3O. The van der Waals surface area contributed by atoms with Gasteiger partial charge in [-0.05, 0) is 40.4 Å². The zero-order valence-electron chi connectivity index (χ0n) is 8.45. The molecule has 0 saturated heterocycles. The van der Waals surface area contributed by atoms with Crippen molar-refractivity contribution in [2.75, 3.05) is 5.32 Å². The monoisotopic (exact) mass is 303 g/mol. The van der Waals surface area contributed by atoms with Gasteiger partial charge in [0.2, 0.25) is 5.28 Å². The van der Waals surface area contributed by atoms with Crippen LogP contribution in [-0.4, -0.2) is 21.2 Å². The number of hydrogen-bond acceptors (Lipinski definition) is 4. The van der Waals surface area contributed by atoms with Gasteiger partial charge in [-0.15, -0.1) is 0 Å². The number of nitrogens with zero attached hydrogens (tertiary/aromatic N) is 2. The summed E-state index contributed by atoms with van der Waals surface area (Å²) in [5.74, 6) is 0.625. The number of aromatic nitrogens is 2. The number of hydrogen-bond donors (Lipinski definition) is 2. The Kier molecular flexibility index (Phi) is 3.78. The fraction of sp³-hybridized carbons (Fsp3) is 0.400. The molecule has 2 N–H and O–H groups in total. The number of allylic oxidation sites excluding steroid dienone is 1. The lowest BCUT2D eigenvalue weighted by Crippen LogP contribution is -2.16. The molecule has 1 atom stereocenters. The van der Waals surface area contributed by atoms with Crippen LogP contribution in [0.3, 0.4) is 0 Å². The van der Waals surface area contributed by atoms with Crippen LogP contribution in [0.25, 0.3) is 0 Å². The first-order valence-corrected chi connectivity index (χ1v) is 6.14. The molecule has 0 aliphatic heterocycles. The molecule has 0 radical (unpaired) electrons. The molecule has 1 aliphatic carbocycles. The first kappa shape index (κ1) is 11.8. The molecule has 4 nitrogen and oxygen atoms in total. The van der Waals surface area contributed by atoms with Gasteiger partial charge in [-0.2, -0.15) is 4.98 Å².